The minimum Gasteiger partial charge on any atom is -0.462 e. The van der Waals surface area contributed by atoms with E-state index in [1.54, 1.807) is 0 Å². The molecule has 0 spiro atoms. The van der Waals surface area contributed by atoms with E-state index in [0.29, 0.717) is 19.3 Å². The highest BCUT2D eigenvalue weighted by atomic mass is 31.2. The fourth-order valence-corrected chi connectivity index (χ4v) is 9.79. The lowest BCUT2D eigenvalue weighted by atomic mass is 9.82. The topological polar surface area (TPSA) is 287 Å². The van der Waals surface area contributed by atoms with Crippen molar-refractivity contribution in [2.45, 2.75) is 255 Å². The van der Waals surface area contributed by atoms with Crippen LogP contribution < -0.4 is 0 Å². The molecule has 0 amide bonds. The highest BCUT2D eigenvalue weighted by Crippen LogP contribution is 2.47. The van der Waals surface area contributed by atoms with Gasteiger partial charge in [0.2, 0.25) is 0 Å². The number of unbranched alkanes of at least 4 members (excludes halogenated alkanes) is 18. The molecule has 13 atom stereocenters. The summed E-state index contributed by atoms with van der Waals surface area (Å²) in [5.41, 5.74) is 0. The molecule has 17 nitrogen and oxygen atoms in total. The molecule has 2 bridgehead atoms. The van der Waals surface area contributed by atoms with Crippen molar-refractivity contribution < 1.29 is 83.2 Å². The highest BCUT2D eigenvalue weighted by molar-refractivity contribution is 7.47. The molecule has 67 heavy (non-hydrogen) atoms. The van der Waals surface area contributed by atoms with Crippen LogP contribution in [0.5, 0.6) is 0 Å². The van der Waals surface area contributed by atoms with E-state index in [1.807, 2.05) is 6.92 Å². The van der Waals surface area contributed by atoms with Crippen LogP contribution >= 0.6 is 7.82 Å². The zero-order valence-electron chi connectivity index (χ0n) is 40.5. The maximum Gasteiger partial charge on any atom is 0.472 e. The first kappa shape index (κ1) is 61.3. The van der Waals surface area contributed by atoms with Crippen LogP contribution in [-0.2, 0) is 37.5 Å². The van der Waals surface area contributed by atoms with E-state index < -0.39 is 124 Å². The van der Waals surface area contributed by atoms with Gasteiger partial charge in [-0.25, -0.2) is 4.57 Å². The summed E-state index contributed by atoms with van der Waals surface area (Å²) in [4.78, 5) is 49.7. The summed E-state index contributed by atoms with van der Waals surface area (Å²) >= 11 is 0. The molecule has 0 radical (unpaired) electrons. The highest BCUT2D eigenvalue weighted by Gasteiger charge is 2.49. The summed E-state index contributed by atoms with van der Waals surface area (Å²) in [5, 5.41) is 90.2. The molecule has 9 N–H and O–H groups in total. The number of hydrogen-bond acceptors (Lipinski definition) is 16. The van der Waals surface area contributed by atoms with Crippen LogP contribution in [0.4, 0.5) is 0 Å². The molecular weight excluding hydrogens is 891 g/mol. The minimum absolute atomic E-state index is 0.00977. The number of aliphatic hydroxyl groups is 8. The molecule has 2 fully saturated rings. The van der Waals surface area contributed by atoms with Crippen LogP contribution in [0.1, 0.15) is 194 Å². The maximum absolute atomic E-state index is 13.6. The Morgan fingerprint density at radius 2 is 1.21 bits per heavy atom. The molecule has 0 aromatic rings. The van der Waals surface area contributed by atoms with Gasteiger partial charge in [-0.3, -0.25) is 23.4 Å². The van der Waals surface area contributed by atoms with Crippen molar-refractivity contribution in [3.05, 3.63) is 12.2 Å². The Labute approximate surface area is 399 Å². The van der Waals surface area contributed by atoms with Gasteiger partial charge >= 0.3 is 19.8 Å². The van der Waals surface area contributed by atoms with E-state index >= 15 is 0 Å². The van der Waals surface area contributed by atoms with Crippen molar-refractivity contribution in [1.82, 2.24) is 0 Å². The number of Topliss-reactive ketones (excluding diaryl/α,β-unsaturated/α-hetero) is 1. The summed E-state index contributed by atoms with van der Waals surface area (Å²) in [6.07, 6.45) is 3.95. The van der Waals surface area contributed by atoms with Crippen LogP contribution in [0, 0.1) is 11.8 Å². The number of carbonyl (C=O) groups excluding carboxylic acids is 3. The molecule has 1 saturated carbocycles. The Balaban J connectivity index is 2.15. The van der Waals surface area contributed by atoms with Crippen LogP contribution in [0.25, 0.3) is 0 Å². The van der Waals surface area contributed by atoms with E-state index in [4.69, 9.17) is 18.5 Å². The lowest BCUT2D eigenvalue weighted by Gasteiger charge is -2.37. The van der Waals surface area contributed by atoms with Crippen molar-refractivity contribution in [3.63, 3.8) is 0 Å². The number of rotatable bonds is 25. The molecule has 392 valence electrons. The maximum atomic E-state index is 13.6. The quantitative estimate of drug-likeness (QED) is 0.0214. The van der Waals surface area contributed by atoms with Gasteiger partial charge in [0.1, 0.15) is 36.8 Å². The van der Waals surface area contributed by atoms with Crippen LogP contribution in [0.2, 0.25) is 0 Å². The molecule has 0 aromatic carbocycles. The van der Waals surface area contributed by atoms with Crippen molar-refractivity contribution >= 4 is 25.5 Å². The predicted octanol–water partition coefficient (Wildman–Crippen LogP) is 6.18. The number of hydrogen-bond donors (Lipinski definition) is 9. The SMILES string of the molecule is CCCCCCCCCCCCCCCCCCCC(=O)O[C@@H]1COC(=O)CCCCC(=O)C[C@@H]2[C@@H](O)[C@H](O)[C@@H](O)[C@H](OP(=O)(O)OC1)[C@H](O)[C@H](O)[C@@H](/C=C/[C@@H](O)CCCCC)[C@H](O)C[C@@H]2O. The van der Waals surface area contributed by atoms with E-state index in [9.17, 15) is 64.7 Å². The molecule has 18 heteroatoms. The summed E-state index contributed by atoms with van der Waals surface area (Å²) < 4.78 is 34.7. The number of phosphoric ester groups is 1. The van der Waals surface area contributed by atoms with Crippen LogP contribution in [0.15, 0.2) is 12.2 Å². The predicted molar refractivity (Wildman–Crippen MR) is 251 cm³/mol. The van der Waals surface area contributed by atoms with Gasteiger partial charge in [0.15, 0.2) is 6.10 Å². The Morgan fingerprint density at radius 1 is 0.687 bits per heavy atom. The Hall–Kier alpha value is -1.86. The summed E-state index contributed by atoms with van der Waals surface area (Å²) in [6, 6.07) is 0. The fourth-order valence-electron chi connectivity index (χ4n) is 8.82. The first-order valence-electron chi connectivity index (χ1n) is 25.7. The van der Waals surface area contributed by atoms with Gasteiger partial charge in [-0.05, 0) is 25.7 Å². The Morgan fingerprint density at radius 3 is 1.79 bits per heavy atom. The zero-order chi connectivity index (χ0) is 49.6. The Kier molecular flexibility index (Phi) is 32.3. The van der Waals surface area contributed by atoms with E-state index in [2.05, 4.69) is 6.92 Å². The average Bonchev–Trinajstić information content (AvgIpc) is 3.29. The second kappa shape index (κ2) is 35.3. The lowest BCUT2D eigenvalue weighted by Crippen LogP contribution is -2.56. The van der Waals surface area contributed by atoms with Crippen LogP contribution in [0.3, 0.4) is 0 Å². The molecule has 0 aromatic heterocycles. The number of ketones is 1. The van der Waals surface area contributed by atoms with Gasteiger partial charge in [0.25, 0.3) is 0 Å². The number of phosphoric acid groups is 1. The van der Waals surface area contributed by atoms with Crippen LogP contribution in [-0.4, -0.2) is 138 Å². The van der Waals surface area contributed by atoms with Gasteiger partial charge in [0, 0.05) is 43.9 Å². The standard InChI is InChI=1S/C49H89O17P/c1-3-5-7-8-9-10-11-12-13-14-15-16-17-18-19-20-22-28-43(55)65-37-33-63-42(54)27-24-23-26-36(51)31-39-41(53)32-40(52)38(30-29-35(50)25-21-6-4-2)44(56)47(59)49(48(60)46(58)45(39)57)66-67(61,62)64-34-37/h29-30,35,37-41,44-50,52-53,56-60H,3-28,31-34H2,1-2H3,(H,61,62)/b30-29+/t35-,37+,38-,39-,40+,41-,44+,45+,46-,47+,48+,49+/m0/s1. The molecular formula is C49H89O17P. The van der Waals surface area contributed by atoms with Gasteiger partial charge in [0.05, 0.1) is 37.1 Å². The summed E-state index contributed by atoms with van der Waals surface area (Å²) in [5.74, 6) is -5.01. The largest absolute Gasteiger partial charge is 0.472 e. The van der Waals surface area contributed by atoms with E-state index in [1.165, 1.54) is 89.2 Å². The second-order valence-corrected chi connectivity index (χ2v) is 20.4. The van der Waals surface area contributed by atoms with Gasteiger partial charge in [-0.2, -0.15) is 0 Å². The van der Waals surface area contributed by atoms with Gasteiger partial charge in [-0.15, -0.1) is 0 Å². The molecule has 1 aliphatic carbocycles. The summed E-state index contributed by atoms with van der Waals surface area (Å²) in [7, 11) is -5.49. The average molecular weight is 981 g/mol. The molecule has 1 heterocycles. The molecule has 2 aliphatic rings. The smallest absolute Gasteiger partial charge is 0.462 e. The first-order chi connectivity index (χ1) is 32.0. The first-order valence-corrected chi connectivity index (χ1v) is 27.2. The second-order valence-electron chi connectivity index (χ2n) is 19.0. The number of esters is 2. The van der Waals surface area contributed by atoms with E-state index in [-0.39, 0.29) is 32.1 Å². The van der Waals surface area contributed by atoms with Gasteiger partial charge in [-0.1, -0.05) is 148 Å². The normalized spacial score (nSPS) is 31.7. The molecule has 1 unspecified atom stereocenters. The fraction of sp³-hybridized carbons (Fsp3) is 0.898. The monoisotopic (exact) mass is 981 g/mol. The van der Waals surface area contributed by atoms with Gasteiger partial charge < -0.3 is 55.2 Å². The Bertz CT molecular complexity index is 1420. The molecule has 1 aliphatic heterocycles. The van der Waals surface area contributed by atoms with Crippen molar-refractivity contribution in [1.29, 1.82) is 0 Å². The summed E-state index contributed by atoms with van der Waals surface area (Å²) in [6.45, 7) is 2.74. The minimum atomic E-state index is -5.49. The third-order valence-corrected chi connectivity index (χ3v) is 14.1. The molecule has 2 rings (SSSR count). The van der Waals surface area contributed by atoms with Crippen molar-refractivity contribution in [2.75, 3.05) is 13.2 Å². The number of ether oxygens (including phenoxy) is 2. The zero-order valence-corrected chi connectivity index (χ0v) is 41.4. The van der Waals surface area contributed by atoms with Crippen molar-refractivity contribution in [3.8, 4) is 0 Å². The molecule has 1 saturated heterocycles. The number of carbonyl (C=O) groups is 3. The lowest BCUT2D eigenvalue weighted by molar-refractivity contribution is -0.168. The number of aliphatic hydroxyl groups excluding tert-OH is 8. The van der Waals surface area contributed by atoms with Crippen molar-refractivity contribution in [2.24, 2.45) is 11.8 Å². The third kappa shape index (κ3) is 25.7. The van der Waals surface area contributed by atoms with E-state index in [0.717, 1.165) is 38.5 Å². The number of fused-ring (bicyclic) bond motifs is 4. The third-order valence-electron chi connectivity index (χ3n) is 13.1. The number of cyclic esters (lactones) is 1.